The van der Waals surface area contributed by atoms with Crippen LogP contribution in [0.4, 0.5) is 5.69 Å². The average molecular weight is 361 g/mol. The van der Waals surface area contributed by atoms with Gasteiger partial charge >= 0.3 is 5.97 Å². The summed E-state index contributed by atoms with van der Waals surface area (Å²) in [6.07, 6.45) is 1.59. The molecule has 0 spiro atoms. The molecular weight excluding hydrogens is 336 g/mol. The standard InChI is InChI=1S/C19H24N2O5/c1-3-26-19(24)13-8-10-20(11-9-13)16-12-17(22)21(18(16)23)14-4-6-15(25-2)7-5-14/h4-7,13,16H,3,8-12H2,1-2H3/p+1. The van der Waals surface area contributed by atoms with E-state index in [1.54, 1.807) is 38.3 Å². The number of carbonyl (C=O) groups is 3. The highest BCUT2D eigenvalue weighted by atomic mass is 16.5. The zero-order valence-electron chi connectivity index (χ0n) is 15.2. The predicted octanol–water partition coefficient (Wildman–Crippen LogP) is 0.185. The number of quaternary nitrogens is 1. The van der Waals surface area contributed by atoms with Crippen molar-refractivity contribution < 1.29 is 28.8 Å². The molecule has 0 bridgehead atoms. The van der Waals surface area contributed by atoms with E-state index in [-0.39, 0.29) is 36.2 Å². The minimum atomic E-state index is -0.368. The molecule has 0 saturated carbocycles. The summed E-state index contributed by atoms with van der Waals surface area (Å²) in [6.45, 7) is 3.58. The topological polar surface area (TPSA) is 77.3 Å². The van der Waals surface area contributed by atoms with Crippen LogP contribution in [0, 0.1) is 5.92 Å². The van der Waals surface area contributed by atoms with Crippen molar-refractivity contribution in [2.24, 2.45) is 5.92 Å². The van der Waals surface area contributed by atoms with Crippen molar-refractivity contribution in [3.05, 3.63) is 24.3 Å². The predicted molar refractivity (Wildman–Crippen MR) is 93.9 cm³/mol. The van der Waals surface area contributed by atoms with Gasteiger partial charge in [-0.1, -0.05) is 0 Å². The molecule has 0 aliphatic carbocycles. The second-order valence-electron chi connectivity index (χ2n) is 6.71. The zero-order chi connectivity index (χ0) is 18.7. The number of anilines is 1. The Kier molecular flexibility index (Phi) is 5.56. The smallest absolute Gasteiger partial charge is 0.309 e. The Balaban J connectivity index is 1.65. The number of carbonyl (C=O) groups excluding carboxylic acids is 3. The molecule has 2 aliphatic heterocycles. The molecule has 2 aliphatic rings. The minimum absolute atomic E-state index is 0.0939. The van der Waals surface area contributed by atoms with E-state index in [2.05, 4.69) is 0 Å². The molecule has 1 atom stereocenters. The summed E-state index contributed by atoms with van der Waals surface area (Å²) in [5.41, 5.74) is 0.573. The number of hydrogen-bond donors (Lipinski definition) is 1. The normalized spacial score (nSPS) is 26.1. The Hall–Kier alpha value is -2.41. The van der Waals surface area contributed by atoms with Crippen molar-refractivity contribution in [1.82, 2.24) is 0 Å². The van der Waals surface area contributed by atoms with Crippen molar-refractivity contribution in [2.75, 3.05) is 31.7 Å². The van der Waals surface area contributed by atoms with Crippen molar-refractivity contribution in [3.63, 3.8) is 0 Å². The van der Waals surface area contributed by atoms with E-state index in [0.29, 0.717) is 44.0 Å². The van der Waals surface area contributed by atoms with Gasteiger partial charge in [0, 0.05) is 12.8 Å². The lowest BCUT2D eigenvalue weighted by Crippen LogP contribution is -3.17. The quantitative estimate of drug-likeness (QED) is 0.598. The molecule has 0 radical (unpaired) electrons. The Labute approximate surface area is 152 Å². The number of nitrogens with one attached hydrogen (secondary N) is 1. The summed E-state index contributed by atoms with van der Waals surface area (Å²) >= 11 is 0. The van der Waals surface area contributed by atoms with E-state index in [0.717, 1.165) is 4.90 Å². The van der Waals surface area contributed by atoms with Crippen molar-refractivity contribution >= 4 is 23.5 Å². The summed E-state index contributed by atoms with van der Waals surface area (Å²) in [6, 6.07) is 6.55. The van der Waals surface area contributed by atoms with Gasteiger partial charge in [0.1, 0.15) is 5.75 Å². The van der Waals surface area contributed by atoms with Crippen LogP contribution in [0.1, 0.15) is 26.2 Å². The highest BCUT2D eigenvalue weighted by Gasteiger charge is 2.47. The van der Waals surface area contributed by atoms with Gasteiger partial charge in [-0.15, -0.1) is 0 Å². The number of nitrogens with zero attached hydrogens (tertiary/aromatic N) is 1. The number of hydrogen-bond acceptors (Lipinski definition) is 5. The number of rotatable bonds is 5. The number of imide groups is 1. The molecule has 26 heavy (non-hydrogen) atoms. The molecule has 1 aromatic carbocycles. The Morgan fingerprint density at radius 1 is 1.19 bits per heavy atom. The van der Waals surface area contributed by atoms with E-state index in [4.69, 9.17) is 9.47 Å². The van der Waals surface area contributed by atoms with Gasteiger partial charge in [-0.3, -0.25) is 14.4 Å². The number of benzene rings is 1. The number of methoxy groups -OCH3 is 1. The van der Waals surface area contributed by atoms with Crippen LogP contribution in [0.15, 0.2) is 24.3 Å². The molecule has 140 valence electrons. The average Bonchev–Trinajstić information content (AvgIpc) is 2.96. The number of piperidine rings is 1. The summed E-state index contributed by atoms with van der Waals surface area (Å²) in [5, 5.41) is 0. The highest BCUT2D eigenvalue weighted by Crippen LogP contribution is 2.25. The Morgan fingerprint density at radius 3 is 2.42 bits per heavy atom. The third-order valence-electron chi connectivity index (χ3n) is 5.22. The first-order valence-electron chi connectivity index (χ1n) is 9.07. The number of likely N-dealkylation sites (tertiary alicyclic amines) is 1. The molecule has 7 heteroatoms. The molecule has 3 rings (SSSR count). The Bertz CT molecular complexity index is 680. The summed E-state index contributed by atoms with van der Waals surface area (Å²) < 4.78 is 10.2. The van der Waals surface area contributed by atoms with Crippen molar-refractivity contribution in [2.45, 2.75) is 32.2 Å². The van der Waals surface area contributed by atoms with Crippen LogP contribution in [0.25, 0.3) is 0 Å². The lowest BCUT2D eigenvalue weighted by molar-refractivity contribution is -0.920. The summed E-state index contributed by atoms with van der Waals surface area (Å²) in [5.74, 6) is 0.0924. The molecule has 0 aromatic heterocycles. The maximum atomic E-state index is 12.8. The lowest BCUT2D eigenvalue weighted by Gasteiger charge is -2.31. The second-order valence-corrected chi connectivity index (χ2v) is 6.71. The van der Waals surface area contributed by atoms with Crippen LogP contribution in [-0.4, -0.2) is 50.6 Å². The molecule has 2 saturated heterocycles. The minimum Gasteiger partial charge on any atom is -0.497 e. The maximum Gasteiger partial charge on any atom is 0.309 e. The molecular formula is C19H25N2O5+. The maximum absolute atomic E-state index is 12.8. The van der Waals surface area contributed by atoms with Gasteiger partial charge in [0.2, 0.25) is 5.91 Å². The van der Waals surface area contributed by atoms with E-state index < -0.39 is 0 Å². The van der Waals surface area contributed by atoms with E-state index >= 15 is 0 Å². The van der Waals surface area contributed by atoms with Gasteiger partial charge in [0.15, 0.2) is 6.04 Å². The van der Waals surface area contributed by atoms with Gasteiger partial charge in [-0.2, -0.15) is 0 Å². The second kappa shape index (κ2) is 7.86. The molecule has 1 aromatic rings. The zero-order valence-corrected chi connectivity index (χ0v) is 15.2. The third kappa shape index (κ3) is 3.58. The van der Waals surface area contributed by atoms with Gasteiger partial charge in [-0.25, -0.2) is 4.90 Å². The first-order valence-corrected chi connectivity index (χ1v) is 9.07. The van der Waals surface area contributed by atoms with Crippen LogP contribution in [0.2, 0.25) is 0 Å². The van der Waals surface area contributed by atoms with Crippen LogP contribution in [-0.2, 0) is 19.1 Å². The van der Waals surface area contributed by atoms with Gasteiger partial charge in [0.25, 0.3) is 5.91 Å². The van der Waals surface area contributed by atoms with E-state index in [1.807, 2.05) is 0 Å². The lowest BCUT2D eigenvalue weighted by atomic mass is 9.95. The fourth-order valence-corrected chi connectivity index (χ4v) is 3.79. The number of ether oxygens (including phenoxy) is 2. The van der Waals surface area contributed by atoms with Gasteiger partial charge in [-0.05, 0) is 31.2 Å². The van der Waals surface area contributed by atoms with Gasteiger partial charge in [0.05, 0.1) is 44.8 Å². The van der Waals surface area contributed by atoms with Crippen LogP contribution in [0.5, 0.6) is 5.75 Å². The van der Waals surface area contributed by atoms with E-state index in [1.165, 1.54) is 4.90 Å². The molecule has 2 heterocycles. The fourth-order valence-electron chi connectivity index (χ4n) is 3.79. The summed E-state index contributed by atoms with van der Waals surface area (Å²) in [7, 11) is 1.57. The van der Waals surface area contributed by atoms with E-state index in [9.17, 15) is 14.4 Å². The molecule has 2 amide bonds. The number of amides is 2. The molecule has 1 unspecified atom stereocenters. The first kappa shape index (κ1) is 18.4. The van der Waals surface area contributed by atoms with Crippen LogP contribution < -0.4 is 14.5 Å². The fraction of sp³-hybridized carbons (Fsp3) is 0.526. The first-order chi connectivity index (χ1) is 12.5. The highest BCUT2D eigenvalue weighted by molar-refractivity contribution is 6.21. The Morgan fingerprint density at radius 2 is 1.85 bits per heavy atom. The monoisotopic (exact) mass is 361 g/mol. The van der Waals surface area contributed by atoms with Crippen molar-refractivity contribution in [3.8, 4) is 5.75 Å². The summed E-state index contributed by atoms with van der Waals surface area (Å²) in [4.78, 5) is 39.5. The third-order valence-corrected chi connectivity index (χ3v) is 5.22. The largest absolute Gasteiger partial charge is 0.497 e. The van der Waals surface area contributed by atoms with Crippen LogP contribution in [0.3, 0.4) is 0 Å². The van der Waals surface area contributed by atoms with Crippen LogP contribution >= 0.6 is 0 Å². The van der Waals surface area contributed by atoms with Gasteiger partial charge < -0.3 is 14.4 Å². The molecule has 7 nitrogen and oxygen atoms in total. The number of esters is 1. The van der Waals surface area contributed by atoms with Crippen molar-refractivity contribution in [1.29, 1.82) is 0 Å². The molecule has 2 fully saturated rings. The molecule has 1 N–H and O–H groups in total. The SMILES string of the molecule is CCOC(=O)C1CC[NH+](C2CC(=O)N(c3ccc(OC)cc3)C2=O)CC1.